The van der Waals surface area contributed by atoms with Crippen LogP contribution in [0.5, 0.6) is 0 Å². The molecule has 1 aromatic carbocycles. The molecule has 0 bridgehead atoms. The van der Waals surface area contributed by atoms with Crippen molar-refractivity contribution >= 4 is 50.5 Å². The quantitative estimate of drug-likeness (QED) is 0.232. The Hall–Kier alpha value is -5.09. The van der Waals surface area contributed by atoms with Gasteiger partial charge in [-0.05, 0) is 67.9 Å². The number of imidazole rings is 1. The maximum Gasteiger partial charge on any atom is 0.158 e. The minimum Gasteiger partial charge on any atom is -0.378 e. The van der Waals surface area contributed by atoms with Crippen molar-refractivity contribution in [2.75, 3.05) is 48.5 Å². The first kappa shape index (κ1) is 26.8. The predicted octanol–water partition coefficient (Wildman–Crippen LogP) is 6.18. The topological polar surface area (TPSA) is 108 Å². The fraction of sp³-hybridized carbons (Fsp3) is 0.242. The molecule has 0 spiro atoms. The normalized spacial score (nSPS) is 13.5. The fourth-order valence-electron chi connectivity index (χ4n) is 5.44. The Morgan fingerprint density at radius 2 is 1.79 bits per heavy atom. The molecule has 0 radical (unpaired) electrons. The molecule has 2 N–H and O–H groups in total. The number of aromatic amines is 1. The largest absolute Gasteiger partial charge is 0.378 e. The van der Waals surface area contributed by atoms with Crippen molar-refractivity contribution in [1.82, 2.24) is 29.9 Å². The number of aromatic nitrogens is 6. The van der Waals surface area contributed by atoms with Crippen molar-refractivity contribution < 1.29 is 4.74 Å². The first-order chi connectivity index (χ1) is 21.0. The van der Waals surface area contributed by atoms with Crippen LogP contribution in [0.1, 0.15) is 18.3 Å². The molecule has 10 nitrogen and oxygen atoms in total. The monoisotopic (exact) mass is 571 g/mol. The first-order valence-corrected chi connectivity index (χ1v) is 14.6. The number of morpholine rings is 1. The van der Waals surface area contributed by atoms with E-state index >= 15 is 0 Å². The number of H-pyrrole nitrogens is 1. The Morgan fingerprint density at radius 1 is 0.907 bits per heavy atom. The lowest BCUT2D eigenvalue weighted by Crippen LogP contribution is -2.36. The Balaban J connectivity index is 1.13. The minimum absolute atomic E-state index is 0.673. The van der Waals surface area contributed by atoms with Crippen LogP contribution in [0.25, 0.3) is 33.6 Å². The van der Waals surface area contributed by atoms with Gasteiger partial charge in [0.05, 0.1) is 42.5 Å². The van der Waals surface area contributed by atoms with E-state index in [1.54, 1.807) is 0 Å². The van der Waals surface area contributed by atoms with Gasteiger partial charge in [-0.2, -0.15) is 0 Å². The zero-order valence-corrected chi connectivity index (χ0v) is 24.5. The molecule has 0 atom stereocenters. The standard InChI is InChI=1S/C33H33N9O/c1-4-22-16-24(9-10-34-22)41(3)26-18-31-32(36-20-26)40-33(39-31)29-7-5-23(19-35-29)38-30-15-21(2)37-28-8-6-25(17-27(28)30)42-11-13-43-14-12-42/h5-10,15-20H,4,11-14H2,1-3H3,(H,37,38)(H,36,39,40). The molecular formula is C33H33N9O. The van der Waals surface area contributed by atoms with Gasteiger partial charge in [0.1, 0.15) is 11.2 Å². The number of hydrogen-bond donors (Lipinski definition) is 2. The number of anilines is 5. The average molecular weight is 572 g/mol. The van der Waals surface area contributed by atoms with Gasteiger partial charge in [-0.15, -0.1) is 0 Å². The zero-order chi connectivity index (χ0) is 29.3. The molecule has 6 aromatic rings. The Morgan fingerprint density at radius 3 is 2.60 bits per heavy atom. The van der Waals surface area contributed by atoms with E-state index in [-0.39, 0.29) is 0 Å². The number of aryl methyl sites for hydroxylation is 2. The van der Waals surface area contributed by atoms with Gasteiger partial charge in [-0.25, -0.2) is 9.97 Å². The fourth-order valence-corrected chi connectivity index (χ4v) is 5.44. The van der Waals surface area contributed by atoms with Gasteiger partial charge in [0.25, 0.3) is 0 Å². The Labute approximate surface area is 249 Å². The molecule has 0 amide bonds. The van der Waals surface area contributed by atoms with Crippen molar-refractivity contribution in [2.24, 2.45) is 0 Å². The van der Waals surface area contributed by atoms with Crippen molar-refractivity contribution in [2.45, 2.75) is 20.3 Å². The lowest BCUT2D eigenvalue weighted by Gasteiger charge is -2.29. The molecule has 1 aliphatic rings. The molecule has 1 fully saturated rings. The Bertz CT molecular complexity index is 1910. The summed E-state index contributed by atoms with van der Waals surface area (Å²) < 4.78 is 5.54. The van der Waals surface area contributed by atoms with Crippen LogP contribution in [0.15, 0.2) is 73.2 Å². The molecule has 0 saturated carbocycles. The number of ether oxygens (including phenoxy) is 1. The second kappa shape index (κ2) is 11.3. The van der Waals surface area contributed by atoms with Crippen LogP contribution >= 0.6 is 0 Å². The van der Waals surface area contributed by atoms with Crippen LogP contribution in [0.4, 0.5) is 28.4 Å². The third-order valence-corrected chi connectivity index (χ3v) is 7.84. The summed E-state index contributed by atoms with van der Waals surface area (Å²) in [6, 6.07) is 18.6. The van der Waals surface area contributed by atoms with Crippen LogP contribution in [-0.2, 0) is 11.2 Å². The SMILES string of the molecule is CCc1cc(N(C)c2cnc3[nH]c(-c4ccc(Nc5cc(C)nc6ccc(N7CCOCC7)cc56)cn4)nc3c2)ccn1. The third-order valence-electron chi connectivity index (χ3n) is 7.84. The Kier molecular flexibility index (Phi) is 7.04. The van der Waals surface area contributed by atoms with Crippen LogP contribution < -0.4 is 15.1 Å². The van der Waals surface area contributed by atoms with E-state index in [2.05, 4.69) is 67.3 Å². The summed E-state index contributed by atoms with van der Waals surface area (Å²) in [5.74, 6) is 0.673. The second-order valence-electron chi connectivity index (χ2n) is 10.7. The predicted molar refractivity (Wildman–Crippen MR) is 172 cm³/mol. The minimum atomic E-state index is 0.673. The van der Waals surface area contributed by atoms with E-state index in [4.69, 9.17) is 19.7 Å². The highest BCUT2D eigenvalue weighted by atomic mass is 16.5. The van der Waals surface area contributed by atoms with Crippen LogP contribution in [-0.4, -0.2) is 63.3 Å². The first-order valence-electron chi connectivity index (χ1n) is 14.6. The van der Waals surface area contributed by atoms with Gasteiger partial charge in [0, 0.05) is 60.2 Å². The van der Waals surface area contributed by atoms with Gasteiger partial charge < -0.3 is 24.8 Å². The number of nitrogens with one attached hydrogen (secondary N) is 2. The molecule has 1 aliphatic heterocycles. The lowest BCUT2D eigenvalue weighted by molar-refractivity contribution is 0.122. The van der Waals surface area contributed by atoms with E-state index in [9.17, 15) is 0 Å². The number of rotatable bonds is 7. The maximum atomic E-state index is 5.54. The number of nitrogens with zero attached hydrogens (tertiary/aromatic N) is 7. The lowest BCUT2D eigenvalue weighted by atomic mass is 10.1. The number of benzene rings is 1. The van der Waals surface area contributed by atoms with E-state index in [1.807, 2.05) is 56.8 Å². The molecule has 7 rings (SSSR count). The summed E-state index contributed by atoms with van der Waals surface area (Å²) in [6.45, 7) is 7.39. The summed E-state index contributed by atoms with van der Waals surface area (Å²) >= 11 is 0. The molecule has 0 unspecified atom stereocenters. The highest BCUT2D eigenvalue weighted by molar-refractivity contribution is 5.95. The van der Waals surface area contributed by atoms with Crippen LogP contribution in [0.3, 0.4) is 0 Å². The molecule has 10 heteroatoms. The summed E-state index contributed by atoms with van der Waals surface area (Å²) in [5.41, 5.74) is 10.3. The number of hydrogen-bond acceptors (Lipinski definition) is 9. The van der Waals surface area contributed by atoms with Crippen molar-refractivity contribution in [3.8, 4) is 11.5 Å². The highest BCUT2D eigenvalue weighted by Crippen LogP contribution is 2.31. The van der Waals surface area contributed by atoms with Crippen LogP contribution in [0, 0.1) is 6.92 Å². The van der Waals surface area contributed by atoms with Crippen LogP contribution in [0.2, 0.25) is 0 Å². The van der Waals surface area contributed by atoms with Gasteiger partial charge in [-0.3, -0.25) is 15.0 Å². The summed E-state index contributed by atoms with van der Waals surface area (Å²) in [6.07, 6.45) is 6.41. The van der Waals surface area contributed by atoms with E-state index < -0.39 is 0 Å². The third kappa shape index (κ3) is 5.44. The molecule has 43 heavy (non-hydrogen) atoms. The van der Waals surface area contributed by atoms with E-state index in [0.29, 0.717) is 5.82 Å². The molecule has 0 aliphatic carbocycles. The molecule has 216 valence electrons. The van der Waals surface area contributed by atoms with Crippen molar-refractivity contribution in [3.63, 3.8) is 0 Å². The highest BCUT2D eigenvalue weighted by Gasteiger charge is 2.15. The average Bonchev–Trinajstić information content (AvgIpc) is 3.48. The van der Waals surface area contributed by atoms with Gasteiger partial charge >= 0.3 is 0 Å². The van der Waals surface area contributed by atoms with Crippen molar-refractivity contribution in [3.05, 3.63) is 84.6 Å². The number of fused-ring (bicyclic) bond motifs is 2. The maximum absolute atomic E-state index is 5.54. The second-order valence-corrected chi connectivity index (χ2v) is 10.7. The summed E-state index contributed by atoms with van der Waals surface area (Å²) in [4.78, 5) is 31.1. The molecular weight excluding hydrogens is 538 g/mol. The van der Waals surface area contributed by atoms with Gasteiger partial charge in [0.15, 0.2) is 11.5 Å². The van der Waals surface area contributed by atoms with E-state index in [1.165, 1.54) is 5.69 Å². The summed E-state index contributed by atoms with van der Waals surface area (Å²) in [5, 5.41) is 4.64. The van der Waals surface area contributed by atoms with Gasteiger partial charge in [-0.1, -0.05) is 6.92 Å². The summed E-state index contributed by atoms with van der Waals surface area (Å²) in [7, 11) is 2.02. The molecule has 1 saturated heterocycles. The number of pyridine rings is 4. The van der Waals surface area contributed by atoms with Gasteiger partial charge in [0.2, 0.25) is 0 Å². The molecule has 6 heterocycles. The van der Waals surface area contributed by atoms with E-state index in [0.717, 1.165) is 94.6 Å². The van der Waals surface area contributed by atoms with Crippen molar-refractivity contribution in [1.29, 1.82) is 0 Å². The smallest absolute Gasteiger partial charge is 0.158 e. The zero-order valence-electron chi connectivity index (χ0n) is 24.5. The molecule has 5 aromatic heterocycles.